The number of aromatic hydroxyl groups is 1. The highest BCUT2D eigenvalue weighted by Crippen LogP contribution is 2.37. The summed E-state index contributed by atoms with van der Waals surface area (Å²) in [7, 11) is 4.60. The minimum atomic E-state index is -0.265. The van der Waals surface area contributed by atoms with Crippen LogP contribution in [-0.2, 0) is 0 Å². The maximum absolute atomic E-state index is 11.6. The summed E-state index contributed by atoms with van der Waals surface area (Å²) in [6.45, 7) is 0. The van der Waals surface area contributed by atoms with Crippen LogP contribution in [0.2, 0.25) is 0 Å². The molecule has 0 aliphatic rings. The number of nitrogens with one attached hydrogen (secondary N) is 1. The van der Waals surface area contributed by atoms with E-state index in [4.69, 9.17) is 9.47 Å². The van der Waals surface area contributed by atoms with Crippen molar-refractivity contribution in [1.82, 2.24) is 5.32 Å². The van der Waals surface area contributed by atoms with Crippen LogP contribution in [0, 0.1) is 0 Å². The van der Waals surface area contributed by atoms with Crippen molar-refractivity contribution in [3.63, 3.8) is 0 Å². The van der Waals surface area contributed by atoms with Gasteiger partial charge in [0.1, 0.15) is 17.2 Å². The molecule has 0 heterocycles. The standard InChI is InChI=1S/C14H15NO4/c1-15-14(17)9-4-8-5-10(18-2)7-12(19-3)13(8)11(16)6-9/h4-7,16H,1-3H3,(H,15,17). The molecule has 2 aromatic rings. The van der Waals surface area contributed by atoms with E-state index in [-0.39, 0.29) is 11.7 Å². The van der Waals surface area contributed by atoms with Crippen LogP contribution >= 0.6 is 0 Å². The average Bonchev–Trinajstić information content (AvgIpc) is 2.44. The van der Waals surface area contributed by atoms with Gasteiger partial charge < -0.3 is 19.9 Å². The highest BCUT2D eigenvalue weighted by atomic mass is 16.5. The summed E-state index contributed by atoms with van der Waals surface area (Å²) in [4.78, 5) is 11.6. The molecule has 0 fully saturated rings. The molecule has 0 saturated heterocycles. The SMILES string of the molecule is CNC(=O)c1cc(O)c2c(OC)cc(OC)cc2c1. The van der Waals surface area contributed by atoms with E-state index in [2.05, 4.69) is 5.32 Å². The van der Waals surface area contributed by atoms with E-state index in [1.54, 1.807) is 25.3 Å². The van der Waals surface area contributed by atoms with Crippen molar-refractivity contribution in [3.05, 3.63) is 29.8 Å². The van der Waals surface area contributed by atoms with Crippen LogP contribution in [0.25, 0.3) is 10.8 Å². The zero-order valence-corrected chi connectivity index (χ0v) is 11.0. The van der Waals surface area contributed by atoms with Gasteiger partial charge in [-0.25, -0.2) is 0 Å². The Morgan fingerprint density at radius 1 is 1.16 bits per heavy atom. The molecule has 19 heavy (non-hydrogen) atoms. The second-order valence-electron chi connectivity index (χ2n) is 4.00. The van der Waals surface area contributed by atoms with Crippen LogP contribution in [0.15, 0.2) is 24.3 Å². The first-order valence-electron chi connectivity index (χ1n) is 5.71. The van der Waals surface area contributed by atoms with Gasteiger partial charge in [-0.3, -0.25) is 4.79 Å². The second kappa shape index (κ2) is 5.06. The molecule has 0 saturated carbocycles. The van der Waals surface area contributed by atoms with Gasteiger partial charge in [0.25, 0.3) is 5.91 Å². The number of carbonyl (C=O) groups excluding carboxylic acids is 1. The molecule has 0 aromatic heterocycles. The van der Waals surface area contributed by atoms with E-state index in [1.165, 1.54) is 20.2 Å². The third-order valence-electron chi connectivity index (χ3n) is 2.91. The molecule has 100 valence electrons. The summed E-state index contributed by atoms with van der Waals surface area (Å²) >= 11 is 0. The zero-order valence-electron chi connectivity index (χ0n) is 11.0. The van der Waals surface area contributed by atoms with Gasteiger partial charge in [-0.15, -0.1) is 0 Å². The maximum atomic E-state index is 11.6. The Bertz CT molecular complexity index is 637. The van der Waals surface area contributed by atoms with Gasteiger partial charge in [0, 0.05) is 18.7 Å². The summed E-state index contributed by atoms with van der Waals surface area (Å²) in [5.41, 5.74) is 0.378. The largest absolute Gasteiger partial charge is 0.507 e. The Labute approximate surface area is 110 Å². The van der Waals surface area contributed by atoms with Crippen molar-refractivity contribution in [2.75, 3.05) is 21.3 Å². The number of benzene rings is 2. The molecule has 0 aliphatic heterocycles. The molecule has 0 bridgehead atoms. The fourth-order valence-corrected chi connectivity index (χ4v) is 1.98. The minimum Gasteiger partial charge on any atom is -0.507 e. The van der Waals surface area contributed by atoms with Crippen LogP contribution in [0.4, 0.5) is 0 Å². The number of phenols is 1. The molecule has 2 rings (SSSR count). The highest BCUT2D eigenvalue weighted by molar-refractivity contribution is 6.03. The summed E-state index contributed by atoms with van der Waals surface area (Å²) in [5, 5.41) is 13.8. The smallest absolute Gasteiger partial charge is 0.251 e. The number of fused-ring (bicyclic) bond motifs is 1. The topological polar surface area (TPSA) is 67.8 Å². The lowest BCUT2D eigenvalue weighted by Crippen LogP contribution is -2.17. The predicted octanol–water partition coefficient (Wildman–Crippen LogP) is 1.92. The van der Waals surface area contributed by atoms with Gasteiger partial charge in [-0.05, 0) is 23.6 Å². The molecule has 2 aromatic carbocycles. The normalized spacial score (nSPS) is 10.3. The molecule has 5 heteroatoms. The quantitative estimate of drug-likeness (QED) is 0.885. The summed E-state index contributed by atoms with van der Waals surface area (Å²) in [5.74, 6) is 0.822. The van der Waals surface area contributed by atoms with Crippen molar-refractivity contribution in [1.29, 1.82) is 0 Å². The van der Waals surface area contributed by atoms with Crippen LogP contribution in [0.5, 0.6) is 17.2 Å². The van der Waals surface area contributed by atoms with Crippen molar-refractivity contribution in [2.24, 2.45) is 0 Å². The van der Waals surface area contributed by atoms with E-state index >= 15 is 0 Å². The van der Waals surface area contributed by atoms with Gasteiger partial charge in [0.05, 0.1) is 19.6 Å². The molecule has 0 atom stereocenters. The fourth-order valence-electron chi connectivity index (χ4n) is 1.98. The number of methoxy groups -OCH3 is 2. The van der Waals surface area contributed by atoms with E-state index in [9.17, 15) is 9.90 Å². The minimum absolute atomic E-state index is 0.00407. The Morgan fingerprint density at radius 2 is 1.89 bits per heavy atom. The summed E-state index contributed by atoms with van der Waals surface area (Å²) in [6.07, 6.45) is 0. The Balaban J connectivity index is 2.75. The van der Waals surface area contributed by atoms with Crippen molar-refractivity contribution < 1.29 is 19.4 Å². The van der Waals surface area contributed by atoms with Crippen LogP contribution in [0.3, 0.4) is 0 Å². The van der Waals surface area contributed by atoms with Gasteiger partial charge in [-0.2, -0.15) is 0 Å². The highest BCUT2D eigenvalue weighted by Gasteiger charge is 2.13. The number of phenolic OH excluding ortho intramolecular Hbond substituents is 1. The van der Waals surface area contributed by atoms with Crippen molar-refractivity contribution in [2.45, 2.75) is 0 Å². The van der Waals surface area contributed by atoms with Crippen molar-refractivity contribution in [3.8, 4) is 17.2 Å². The van der Waals surface area contributed by atoms with E-state index in [1.807, 2.05) is 0 Å². The van der Waals surface area contributed by atoms with Gasteiger partial charge in [0.15, 0.2) is 0 Å². The zero-order chi connectivity index (χ0) is 14.0. The van der Waals surface area contributed by atoms with Crippen molar-refractivity contribution >= 4 is 16.7 Å². The van der Waals surface area contributed by atoms with Crippen LogP contribution in [-0.4, -0.2) is 32.3 Å². The van der Waals surface area contributed by atoms with Crippen LogP contribution < -0.4 is 14.8 Å². The summed E-state index contributed by atoms with van der Waals surface area (Å²) < 4.78 is 10.4. The number of rotatable bonds is 3. The lowest BCUT2D eigenvalue weighted by molar-refractivity contribution is 0.0963. The third-order valence-corrected chi connectivity index (χ3v) is 2.91. The molecule has 1 amide bonds. The lowest BCUT2D eigenvalue weighted by Gasteiger charge is -2.11. The molecular weight excluding hydrogens is 246 g/mol. The maximum Gasteiger partial charge on any atom is 0.251 e. The second-order valence-corrected chi connectivity index (χ2v) is 4.00. The Kier molecular flexibility index (Phi) is 3.46. The number of hydrogen-bond acceptors (Lipinski definition) is 4. The Hall–Kier alpha value is -2.43. The molecular formula is C14H15NO4. The first-order valence-corrected chi connectivity index (χ1v) is 5.71. The van der Waals surface area contributed by atoms with E-state index < -0.39 is 0 Å². The number of ether oxygens (including phenoxy) is 2. The molecule has 0 spiro atoms. The van der Waals surface area contributed by atoms with Gasteiger partial charge in [-0.1, -0.05) is 0 Å². The summed E-state index contributed by atoms with van der Waals surface area (Å²) in [6, 6.07) is 6.51. The van der Waals surface area contributed by atoms with E-state index in [0.717, 1.165) is 0 Å². The molecule has 5 nitrogen and oxygen atoms in total. The number of amides is 1. The Morgan fingerprint density at radius 3 is 2.47 bits per heavy atom. The fraction of sp³-hybridized carbons (Fsp3) is 0.214. The molecule has 0 unspecified atom stereocenters. The molecule has 0 radical (unpaired) electrons. The number of carbonyl (C=O) groups is 1. The van der Waals surface area contributed by atoms with E-state index in [0.29, 0.717) is 27.8 Å². The van der Waals surface area contributed by atoms with Gasteiger partial charge in [0.2, 0.25) is 0 Å². The lowest BCUT2D eigenvalue weighted by atomic mass is 10.0. The van der Waals surface area contributed by atoms with Gasteiger partial charge >= 0.3 is 0 Å². The first kappa shape index (κ1) is 13.0. The monoisotopic (exact) mass is 261 g/mol. The predicted molar refractivity (Wildman–Crippen MR) is 72.1 cm³/mol. The number of hydrogen-bond donors (Lipinski definition) is 2. The average molecular weight is 261 g/mol. The molecule has 2 N–H and O–H groups in total. The molecule has 0 aliphatic carbocycles. The third kappa shape index (κ3) is 2.27. The first-order chi connectivity index (χ1) is 9.10. The van der Waals surface area contributed by atoms with Crippen LogP contribution in [0.1, 0.15) is 10.4 Å².